The van der Waals surface area contributed by atoms with E-state index in [1.165, 1.54) is 16.9 Å². The molecule has 0 bridgehead atoms. The normalized spacial score (nSPS) is 11.2. The van der Waals surface area contributed by atoms with E-state index in [4.69, 9.17) is 9.72 Å². The Hall–Kier alpha value is -2.44. The number of anilines is 1. The number of methoxy groups -OCH3 is 1. The van der Waals surface area contributed by atoms with Crippen molar-refractivity contribution >= 4 is 32.6 Å². The highest BCUT2D eigenvalue weighted by molar-refractivity contribution is 7.22. The number of hydrogen-bond acceptors (Lipinski definition) is 5. The lowest BCUT2D eigenvalue weighted by molar-refractivity contribution is -0.118. The van der Waals surface area contributed by atoms with Crippen LogP contribution in [0.2, 0.25) is 0 Å². The molecule has 0 fully saturated rings. The number of benzene rings is 2. The van der Waals surface area contributed by atoms with E-state index in [1.54, 1.807) is 7.11 Å². The quantitative estimate of drug-likeness (QED) is 0.603. The van der Waals surface area contributed by atoms with Gasteiger partial charge in [0.25, 0.3) is 0 Å². The maximum atomic E-state index is 13.2. The summed E-state index contributed by atoms with van der Waals surface area (Å²) in [6, 6.07) is 12.1. The SMILES string of the molecule is COc1ccc2nc(N(CCN(C)C)C(=O)Cc3cc(C)ccc3C)sc2c1. The van der Waals surface area contributed by atoms with Crippen molar-refractivity contribution < 1.29 is 9.53 Å². The number of hydrogen-bond donors (Lipinski definition) is 0. The molecule has 1 aromatic heterocycles. The average Bonchev–Trinajstić information content (AvgIpc) is 3.07. The molecule has 5 nitrogen and oxygen atoms in total. The number of carbonyl (C=O) groups is 1. The molecular formula is C22H27N3O2S. The van der Waals surface area contributed by atoms with Gasteiger partial charge in [0, 0.05) is 13.1 Å². The third-order valence-corrected chi connectivity index (χ3v) is 5.77. The molecule has 0 unspecified atom stereocenters. The Morgan fingerprint density at radius 2 is 1.89 bits per heavy atom. The van der Waals surface area contributed by atoms with Gasteiger partial charge in [-0.3, -0.25) is 9.69 Å². The number of amides is 1. The minimum Gasteiger partial charge on any atom is -0.497 e. The Labute approximate surface area is 170 Å². The molecule has 2 aromatic carbocycles. The van der Waals surface area contributed by atoms with Gasteiger partial charge in [0.2, 0.25) is 5.91 Å². The third kappa shape index (κ3) is 4.69. The first-order valence-corrected chi connectivity index (χ1v) is 10.1. The molecule has 3 aromatic rings. The van der Waals surface area contributed by atoms with Gasteiger partial charge in [-0.1, -0.05) is 35.1 Å². The van der Waals surface area contributed by atoms with Crippen molar-refractivity contribution in [3.63, 3.8) is 0 Å². The lowest BCUT2D eigenvalue weighted by atomic mass is 10.0. The number of likely N-dealkylation sites (N-methyl/N-ethyl adjacent to an activating group) is 1. The summed E-state index contributed by atoms with van der Waals surface area (Å²) in [7, 11) is 5.67. The number of aryl methyl sites for hydroxylation is 2. The van der Waals surface area contributed by atoms with Gasteiger partial charge in [-0.25, -0.2) is 4.98 Å². The van der Waals surface area contributed by atoms with E-state index in [0.29, 0.717) is 13.0 Å². The minimum atomic E-state index is 0.0709. The van der Waals surface area contributed by atoms with Gasteiger partial charge >= 0.3 is 0 Å². The molecule has 6 heteroatoms. The zero-order valence-electron chi connectivity index (χ0n) is 17.2. The Morgan fingerprint density at radius 1 is 1.11 bits per heavy atom. The average molecular weight is 398 g/mol. The van der Waals surface area contributed by atoms with Crippen LogP contribution >= 0.6 is 11.3 Å². The van der Waals surface area contributed by atoms with E-state index in [0.717, 1.165) is 38.8 Å². The van der Waals surface area contributed by atoms with Gasteiger partial charge in [-0.2, -0.15) is 0 Å². The molecule has 0 radical (unpaired) electrons. The summed E-state index contributed by atoms with van der Waals surface area (Å²) in [5, 5.41) is 0.736. The predicted octanol–water partition coefficient (Wildman–Crippen LogP) is 4.06. The van der Waals surface area contributed by atoms with Crippen LogP contribution in [0.4, 0.5) is 5.13 Å². The maximum absolute atomic E-state index is 13.2. The predicted molar refractivity (Wildman–Crippen MR) is 117 cm³/mol. The molecule has 0 aliphatic heterocycles. The lowest BCUT2D eigenvalue weighted by Gasteiger charge is -2.22. The van der Waals surface area contributed by atoms with Crippen LogP contribution in [0.1, 0.15) is 16.7 Å². The first kappa shape index (κ1) is 20.3. The van der Waals surface area contributed by atoms with Crippen molar-refractivity contribution in [3.8, 4) is 5.75 Å². The van der Waals surface area contributed by atoms with E-state index in [-0.39, 0.29) is 5.91 Å². The van der Waals surface area contributed by atoms with Gasteiger partial charge in [-0.05, 0) is 57.3 Å². The van der Waals surface area contributed by atoms with Crippen LogP contribution in [0.15, 0.2) is 36.4 Å². The summed E-state index contributed by atoms with van der Waals surface area (Å²) in [4.78, 5) is 21.9. The highest BCUT2D eigenvalue weighted by Gasteiger charge is 2.21. The second-order valence-corrected chi connectivity index (χ2v) is 8.29. The fraction of sp³-hybridized carbons (Fsp3) is 0.364. The fourth-order valence-electron chi connectivity index (χ4n) is 3.01. The summed E-state index contributed by atoms with van der Waals surface area (Å²) in [5.41, 5.74) is 4.26. The van der Waals surface area contributed by atoms with Crippen molar-refractivity contribution in [2.45, 2.75) is 20.3 Å². The number of aromatic nitrogens is 1. The van der Waals surface area contributed by atoms with Gasteiger partial charge in [0.05, 0.1) is 23.7 Å². The van der Waals surface area contributed by atoms with E-state index >= 15 is 0 Å². The molecule has 28 heavy (non-hydrogen) atoms. The number of ether oxygens (including phenoxy) is 1. The molecule has 0 N–H and O–H groups in total. The highest BCUT2D eigenvalue weighted by atomic mass is 32.1. The fourth-order valence-corrected chi connectivity index (χ4v) is 4.05. The number of nitrogens with zero attached hydrogens (tertiary/aromatic N) is 3. The minimum absolute atomic E-state index is 0.0709. The largest absolute Gasteiger partial charge is 0.497 e. The van der Waals surface area contributed by atoms with Crippen molar-refractivity contribution in [1.82, 2.24) is 9.88 Å². The van der Waals surface area contributed by atoms with Crippen LogP contribution in [0, 0.1) is 13.8 Å². The Bertz CT molecular complexity index is 981. The number of rotatable bonds is 7. The van der Waals surface area contributed by atoms with Crippen molar-refractivity contribution in [2.75, 3.05) is 39.2 Å². The molecule has 148 valence electrons. The van der Waals surface area contributed by atoms with E-state index in [9.17, 15) is 4.79 Å². The Balaban J connectivity index is 1.91. The highest BCUT2D eigenvalue weighted by Crippen LogP contribution is 2.32. The first-order valence-electron chi connectivity index (χ1n) is 9.33. The zero-order chi connectivity index (χ0) is 20.3. The van der Waals surface area contributed by atoms with Crippen LogP contribution < -0.4 is 9.64 Å². The molecule has 0 aliphatic carbocycles. The van der Waals surface area contributed by atoms with Crippen LogP contribution in [0.5, 0.6) is 5.75 Å². The monoisotopic (exact) mass is 397 g/mol. The van der Waals surface area contributed by atoms with Crippen molar-refractivity contribution in [3.05, 3.63) is 53.1 Å². The topological polar surface area (TPSA) is 45.7 Å². The van der Waals surface area contributed by atoms with Crippen LogP contribution in [0.3, 0.4) is 0 Å². The van der Waals surface area contributed by atoms with Gasteiger partial charge < -0.3 is 9.64 Å². The molecule has 0 spiro atoms. The number of carbonyl (C=O) groups excluding carboxylic acids is 1. The maximum Gasteiger partial charge on any atom is 0.233 e. The Morgan fingerprint density at radius 3 is 2.61 bits per heavy atom. The standard InChI is InChI=1S/C22H27N3O2S/c1-15-6-7-16(2)17(12-15)13-21(26)25(11-10-24(3)4)22-23-19-9-8-18(27-5)14-20(19)28-22/h6-9,12,14H,10-11,13H2,1-5H3. The molecule has 0 atom stereocenters. The summed E-state index contributed by atoms with van der Waals surface area (Å²) in [5.74, 6) is 0.867. The molecule has 0 aliphatic rings. The van der Waals surface area contributed by atoms with E-state index in [2.05, 4.69) is 36.9 Å². The van der Waals surface area contributed by atoms with Crippen LogP contribution in [-0.4, -0.2) is 50.1 Å². The summed E-state index contributed by atoms with van der Waals surface area (Å²) < 4.78 is 6.33. The van der Waals surface area contributed by atoms with Crippen LogP contribution in [-0.2, 0) is 11.2 Å². The summed E-state index contributed by atoms with van der Waals surface area (Å²) in [6.45, 7) is 5.49. The van der Waals surface area contributed by atoms with E-state index in [1.807, 2.05) is 37.2 Å². The van der Waals surface area contributed by atoms with Gasteiger partial charge in [0.15, 0.2) is 5.13 Å². The third-order valence-electron chi connectivity index (χ3n) is 4.73. The van der Waals surface area contributed by atoms with Crippen molar-refractivity contribution in [1.29, 1.82) is 0 Å². The lowest BCUT2D eigenvalue weighted by Crippen LogP contribution is -2.37. The molecule has 0 saturated heterocycles. The second kappa shape index (κ2) is 8.71. The molecule has 1 amide bonds. The summed E-state index contributed by atoms with van der Waals surface area (Å²) >= 11 is 1.53. The number of thiazole rings is 1. The van der Waals surface area contributed by atoms with Gasteiger partial charge in [0.1, 0.15) is 5.75 Å². The molecular weight excluding hydrogens is 370 g/mol. The van der Waals surface area contributed by atoms with E-state index < -0.39 is 0 Å². The van der Waals surface area contributed by atoms with Crippen LogP contribution in [0.25, 0.3) is 10.2 Å². The Kier molecular flexibility index (Phi) is 6.31. The summed E-state index contributed by atoms with van der Waals surface area (Å²) in [6.07, 6.45) is 0.375. The second-order valence-electron chi connectivity index (χ2n) is 7.29. The van der Waals surface area contributed by atoms with Crippen molar-refractivity contribution in [2.24, 2.45) is 0 Å². The number of fused-ring (bicyclic) bond motifs is 1. The van der Waals surface area contributed by atoms with Gasteiger partial charge in [-0.15, -0.1) is 0 Å². The molecule has 1 heterocycles. The zero-order valence-corrected chi connectivity index (χ0v) is 18.0. The smallest absolute Gasteiger partial charge is 0.233 e. The molecule has 3 rings (SSSR count). The first-order chi connectivity index (χ1) is 13.4. The molecule has 0 saturated carbocycles.